The molecule has 12 nitrogen and oxygen atoms in total. The number of ether oxygens (including phenoxy) is 1. The summed E-state index contributed by atoms with van der Waals surface area (Å²) < 4.78 is 8.84. The number of aromatic amines is 1. The van der Waals surface area contributed by atoms with Crippen LogP contribution in [-0.4, -0.2) is 75.2 Å². The van der Waals surface area contributed by atoms with E-state index in [-0.39, 0.29) is 30.6 Å². The van der Waals surface area contributed by atoms with Crippen LogP contribution in [0.3, 0.4) is 0 Å². The summed E-state index contributed by atoms with van der Waals surface area (Å²) >= 11 is 0. The standard InChI is InChI=1S/C26H27N9O3/c1-18-21(16-30-35(18)26-31-24(36)22-8-5-10-34(22)32-26)25(37)33(11-9-28-2)12-13-38-23(17-29-3)20-7-4-6-19(14-20)15-27/h4-8,10,14,16-17,28H,3,9,11-13H2,1-2H3,(H,31,32,36)/b23-17-. The van der Waals surface area contributed by atoms with Gasteiger partial charge in [-0.3, -0.25) is 19.6 Å². The minimum atomic E-state index is -0.311. The molecule has 1 amide bonds. The molecule has 3 heterocycles. The summed E-state index contributed by atoms with van der Waals surface area (Å²) in [5.41, 5.74) is 2.18. The monoisotopic (exact) mass is 513 g/mol. The average Bonchev–Trinajstić information content (AvgIpc) is 3.56. The van der Waals surface area contributed by atoms with E-state index in [1.54, 1.807) is 55.4 Å². The van der Waals surface area contributed by atoms with Crippen LogP contribution in [0.2, 0.25) is 0 Å². The maximum atomic E-state index is 13.5. The number of aliphatic imine (C=N–C) groups is 1. The van der Waals surface area contributed by atoms with Gasteiger partial charge in [0.15, 0.2) is 0 Å². The number of carbonyl (C=O) groups excluding carboxylic acids is 1. The van der Waals surface area contributed by atoms with E-state index in [0.29, 0.717) is 46.7 Å². The number of amides is 1. The molecule has 0 fully saturated rings. The Hall–Kier alpha value is -5.02. The van der Waals surface area contributed by atoms with Crippen LogP contribution in [0.25, 0.3) is 17.2 Å². The van der Waals surface area contributed by atoms with E-state index in [2.05, 4.69) is 38.3 Å². The van der Waals surface area contributed by atoms with Crippen LogP contribution < -0.4 is 10.9 Å². The van der Waals surface area contributed by atoms with Crippen LogP contribution in [0.4, 0.5) is 0 Å². The largest absolute Gasteiger partial charge is 0.489 e. The van der Waals surface area contributed by atoms with Crippen LogP contribution in [0, 0.1) is 18.3 Å². The van der Waals surface area contributed by atoms with Crippen LogP contribution in [0.1, 0.15) is 27.2 Å². The van der Waals surface area contributed by atoms with Gasteiger partial charge in [0.25, 0.3) is 11.5 Å². The summed E-state index contributed by atoms with van der Waals surface area (Å²) in [4.78, 5) is 34.1. The molecule has 0 bridgehead atoms. The molecule has 0 aliphatic rings. The van der Waals surface area contributed by atoms with E-state index in [1.165, 1.54) is 21.6 Å². The van der Waals surface area contributed by atoms with Gasteiger partial charge < -0.3 is 15.0 Å². The van der Waals surface area contributed by atoms with Gasteiger partial charge in [-0.2, -0.15) is 10.4 Å². The molecule has 0 saturated carbocycles. The normalized spacial score (nSPS) is 11.3. The Bertz CT molecular complexity index is 1590. The van der Waals surface area contributed by atoms with Gasteiger partial charge in [0.2, 0.25) is 5.95 Å². The Morgan fingerprint density at radius 2 is 2.18 bits per heavy atom. The molecule has 12 heteroatoms. The molecule has 0 aliphatic carbocycles. The molecule has 0 saturated heterocycles. The first kappa shape index (κ1) is 26.1. The van der Waals surface area contributed by atoms with Gasteiger partial charge in [-0.15, -0.1) is 5.10 Å². The van der Waals surface area contributed by atoms with Crippen LogP contribution in [0.15, 0.2) is 64.8 Å². The topological polar surface area (TPSA) is 146 Å². The first-order valence-corrected chi connectivity index (χ1v) is 11.8. The lowest BCUT2D eigenvalue weighted by Crippen LogP contribution is -2.38. The molecule has 4 aromatic rings. The number of carbonyl (C=O) groups is 1. The Labute approximate surface area is 218 Å². The maximum absolute atomic E-state index is 13.5. The average molecular weight is 514 g/mol. The van der Waals surface area contributed by atoms with E-state index >= 15 is 0 Å². The van der Waals surface area contributed by atoms with Gasteiger partial charge in [0, 0.05) is 24.8 Å². The Morgan fingerprint density at radius 3 is 2.95 bits per heavy atom. The number of rotatable bonds is 11. The summed E-state index contributed by atoms with van der Waals surface area (Å²) in [7, 11) is 1.81. The van der Waals surface area contributed by atoms with Crippen LogP contribution in [0.5, 0.6) is 0 Å². The predicted octanol–water partition coefficient (Wildman–Crippen LogP) is 1.77. The molecule has 38 heavy (non-hydrogen) atoms. The molecular weight excluding hydrogens is 486 g/mol. The lowest BCUT2D eigenvalue weighted by molar-refractivity contribution is 0.0723. The van der Waals surface area contributed by atoms with Crippen molar-refractivity contribution >= 4 is 23.9 Å². The minimum Gasteiger partial charge on any atom is -0.489 e. The molecule has 4 rings (SSSR count). The van der Waals surface area contributed by atoms with Crippen molar-refractivity contribution in [2.24, 2.45) is 4.99 Å². The fraction of sp³-hybridized carbons (Fsp3) is 0.231. The molecule has 194 valence electrons. The number of hydrogen-bond donors (Lipinski definition) is 2. The minimum absolute atomic E-state index is 0.181. The van der Waals surface area contributed by atoms with E-state index in [0.717, 1.165) is 0 Å². The number of nitrogens with zero attached hydrogens (tertiary/aromatic N) is 7. The Balaban J connectivity index is 1.52. The molecule has 0 aliphatic heterocycles. The molecule has 2 N–H and O–H groups in total. The van der Waals surface area contributed by atoms with Gasteiger partial charge in [0.05, 0.1) is 41.8 Å². The summed E-state index contributed by atoms with van der Waals surface area (Å²) in [5.74, 6) is 0.403. The predicted molar refractivity (Wildman–Crippen MR) is 142 cm³/mol. The fourth-order valence-corrected chi connectivity index (χ4v) is 3.88. The number of nitriles is 1. The first-order chi connectivity index (χ1) is 18.5. The smallest absolute Gasteiger partial charge is 0.276 e. The lowest BCUT2D eigenvalue weighted by atomic mass is 10.1. The first-order valence-electron chi connectivity index (χ1n) is 11.8. The zero-order chi connectivity index (χ0) is 27.1. The summed E-state index contributed by atoms with van der Waals surface area (Å²) in [6.45, 7) is 6.69. The summed E-state index contributed by atoms with van der Waals surface area (Å²) in [5, 5.41) is 21.0. The lowest BCUT2D eigenvalue weighted by Gasteiger charge is -2.23. The fourth-order valence-electron chi connectivity index (χ4n) is 3.88. The van der Waals surface area contributed by atoms with Crippen LogP contribution in [-0.2, 0) is 4.74 Å². The zero-order valence-corrected chi connectivity index (χ0v) is 21.1. The summed E-state index contributed by atoms with van der Waals surface area (Å²) in [6.07, 6.45) is 4.60. The van der Waals surface area contributed by atoms with Crippen molar-refractivity contribution in [2.45, 2.75) is 6.92 Å². The number of likely N-dealkylation sites (N-methyl/N-ethyl adjacent to an activating group) is 1. The number of H-pyrrole nitrogens is 1. The van der Waals surface area contributed by atoms with E-state index in [9.17, 15) is 14.9 Å². The highest BCUT2D eigenvalue weighted by Gasteiger charge is 2.22. The van der Waals surface area contributed by atoms with Crippen molar-refractivity contribution < 1.29 is 9.53 Å². The number of aromatic nitrogens is 5. The van der Waals surface area contributed by atoms with Gasteiger partial charge in [-0.1, -0.05) is 12.1 Å². The van der Waals surface area contributed by atoms with Crippen molar-refractivity contribution in [2.75, 3.05) is 33.3 Å². The van der Waals surface area contributed by atoms with Crippen molar-refractivity contribution in [3.63, 3.8) is 0 Å². The maximum Gasteiger partial charge on any atom is 0.276 e. The number of benzene rings is 1. The molecule has 0 radical (unpaired) electrons. The number of hydrogen-bond acceptors (Lipinski definition) is 8. The second-order valence-electron chi connectivity index (χ2n) is 8.28. The van der Waals surface area contributed by atoms with Gasteiger partial charge in [-0.25, -0.2) is 9.20 Å². The second-order valence-corrected chi connectivity index (χ2v) is 8.28. The second kappa shape index (κ2) is 11.8. The van der Waals surface area contributed by atoms with E-state index in [1.807, 2.05) is 6.07 Å². The molecule has 0 spiro atoms. The SMILES string of the molecule is C=N/C=C(\OCCN(CCNC)C(=O)c1cnn(-c2nn3cccc3c(=O)[nH]2)c1C)c1cccc(C#N)c1. The molecule has 0 unspecified atom stereocenters. The van der Waals surface area contributed by atoms with Crippen molar-refractivity contribution in [1.82, 2.24) is 34.6 Å². The van der Waals surface area contributed by atoms with Crippen LogP contribution >= 0.6 is 0 Å². The summed E-state index contributed by atoms with van der Waals surface area (Å²) in [6, 6.07) is 12.4. The third-order valence-corrected chi connectivity index (χ3v) is 5.85. The quantitative estimate of drug-likeness (QED) is 0.230. The third kappa shape index (κ3) is 5.53. The van der Waals surface area contributed by atoms with Crippen molar-refractivity contribution in [3.8, 4) is 12.0 Å². The zero-order valence-electron chi connectivity index (χ0n) is 21.1. The van der Waals surface area contributed by atoms with Gasteiger partial charge in [-0.05, 0) is 45.0 Å². The third-order valence-electron chi connectivity index (χ3n) is 5.85. The van der Waals surface area contributed by atoms with Gasteiger partial charge in [0.1, 0.15) is 17.9 Å². The van der Waals surface area contributed by atoms with Gasteiger partial charge >= 0.3 is 0 Å². The Morgan fingerprint density at radius 1 is 1.34 bits per heavy atom. The molecule has 3 aromatic heterocycles. The highest BCUT2D eigenvalue weighted by atomic mass is 16.5. The molecule has 1 aromatic carbocycles. The Kier molecular flexibility index (Phi) is 8.10. The van der Waals surface area contributed by atoms with Crippen molar-refractivity contribution in [3.05, 3.63) is 87.7 Å². The van der Waals surface area contributed by atoms with E-state index in [4.69, 9.17) is 4.74 Å². The highest BCUT2D eigenvalue weighted by Crippen LogP contribution is 2.18. The molecular formula is C26H27N9O3. The number of nitrogens with one attached hydrogen (secondary N) is 2. The number of fused-ring (bicyclic) bond motifs is 1. The van der Waals surface area contributed by atoms with E-state index < -0.39 is 0 Å². The molecule has 0 atom stereocenters. The highest BCUT2D eigenvalue weighted by molar-refractivity contribution is 5.95. The van der Waals surface area contributed by atoms with Crippen molar-refractivity contribution in [1.29, 1.82) is 5.26 Å².